The molecule has 180 valence electrons. The van der Waals surface area contributed by atoms with E-state index >= 15 is 0 Å². The van der Waals surface area contributed by atoms with Gasteiger partial charge in [0.25, 0.3) is 0 Å². The molecule has 2 N–H and O–H groups in total. The van der Waals surface area contributed by atoms with Crippen LogP contribution in [0, 0.1) is 0 Å². The summed E-state index contributed by atoms with van der Waals surface area (Å²) in [6, 6.07) is 6.00. The zero-order chi connectivity index (χ0) is 24.1. The zero-order valence-electron chi connectivity index (χ0n) is 19.6. The number of esters is 1. The first kappa shape index (κ1) is 24.9. The topological polar surface area (TPSA) is 94.2 Å². The first-order valence-electron chi connectivity index (χ1n) is 11.2. The average Bonchev–Trinajstić information content (AvgIpc) is 2.77. The van der Waals surface area contributed by atoms with Crippen LogP contribution in [0.5, 0.6) is 0 Å². The Morgan fingerprint density at radius 3 is 2.61 bits per heavy atom. The van der Waals surface area contributed by atoms with Gasteiger partial charge >= 0.3 is 18.0 Å². The predicted molar refractivity (Wildman–Crippen MR) is 126 cm³/mol. The molecule has 10 heteroatoms. The second-order valence-electron chi connectivity index (χ2n) is 8.16. The summed E-state index contributed by atoms with van der Waals surface area (Å²) in [6.07, 6.45) is 0. The number of ether oxygens (including phenoxy) is 1. The van der Waals surface area contributed by atoms with Crippen molar-refractivity contribution in [3.05, 3.63) is 46.1 Å². The molecule has 1 aromatic carbocycles. The van der Waals surface area contributed by atoms with Gasteiger partial charge in [0.05, 0.1) is 18.2 Å². The number of amides is 4. The highest BCUT2D eigenvalue weighted by molar-refractivity contribution is 6.31. The van der Waals surface area contributed by atoms with Crippen LogP contribution in [-0.4, -0.2) is 85.2 Å². The van der Waals surface area contributed by atoms with E-state index in [0.29, 0.717) is 54.6 Å². The van der Waals surface area contributed by atoms with Crippen molar-refractivity contribution in [1.29, 1.82) is 0 Å². The molecule has 2 atom stereocenters. The maximum absolute atomic E-state index is 13.1. The fourth-order valence-electron chi connectivity index (χ4n) is 4.28. The van der Waals surface area contributed by atoms with Crippen molar-refractivity contribution in [2.75, 3.05) is 46.4 Å². The average molecular weight is 478 g/mol. The van der Waals surface area contributed by atoms with E-state index in [2.05, 4.69) is 15.5 Å². The number of nitrogens with zero attached hydrogens (tertiary/aromatic N) is 3. The van der Waals surface area contributed by atoms with Crippen LogP contribution in [0.3, 0.4) is 0 Å². The molecule has 0 spiro atoms. The Balaban J connectivity index is 1.94. The molecule has 4 amide bonds. The molecule has 2 heterocycles. The summed E-state index contributed by atoms with van der Waals surface area (Å²) in [6.45, 7) is 8.57. The molecule has 3 rings (SSSR count). The summed E-state index contributed by atoms with van der Waals surface area (Å²) in [7, 11) is 1.64. The highest BCUT2D eigenvalue weighted by atomic mass is 35.5. The van der Waals surface area contributed by atoms with Crippen LogP contribution in [0.25, 0.3) is 0 Å². The van der Waals surface area contributed by atoms with Gasteiger partial charge in [0.1, 0.15) is 0 Å². The number of halogens is 1. The van der Waals surface area contributed by atoms with Gasteiger partial charge in [0, 0.05) is 56.5 Å². The van der Waals surface area contributed by atoms with Crippen molar-refractivity contribution in [2.45, 2.75) is 32.9 Å². The van der Waals surface area contributed by atoms with Crippen molar-refractivity contribution in [3.8, 4) is 0 Å². The highest BCUT2D eigenvalue weighted by Gasteiger charge is 2.39. The largest absolute Gasteiger partial charge is 0.463 e. The van der Waals surface area contributed by atoms with E-state index in [1.165, 1.54) is 4.90 Å². The maximum Gasteiger partial charge on any atom is 0.338 e. The minimum absolute atomic E-state index is 0.0148. The molecule has 1 aromatic rings. The molecule has 1 saturated heterocycles. The van der Waals surface area contributed by atoms with E-state index in [1.54, 1.807) is 32.2 Å². The first-order chi connectivity index (χ1) is 15.8. The van der Waals surface area contributed by atoms with E-state index in [-0.39, 0.29) is 24.7 Å². The smallest absolute Gasteiger partial charge is 0.338 e. The Morgan fingerprint density at radius 1 is 1.24 bits per heavy atom. The van der Waals surface area contributed by atoms with Gasteiger partial charge in [-0.2, -0.15) is 0 Å². The molecule has 0 aliphatic carbocycles. The number of carbonyl (C=O) groups excluding carboxylic acids is 3. The number of hydrogen-bond acceptors (Lipinski definition) is 5. The number of rotatable bonds is 6. The third kappa shape index (κ3) is 5.42. The number of carbonyl (C=O) groups is 3. The van der Waals surface area contributed by atoms with Crippen LogP contribution < -0.4 is 10.6 Å². The standard InChI is InChI=1S/C23H32ClN5O4/c1-5-25-22(31)29-12-11-28(13-15(29)3)14-18-19(21(30)33-6-2)20(26-23(32)27(18)4)16-9-7-8-10-17(16)24/h7-10,15,20H,5-6,11-14H2,1-4H3,(H,25,31)(H,26,32)/t15-,20+/m0/s1. The van der Waals surface area contributed by atoms with Crippen molar-refractivity contribution in [3.63, 3.8) is 0 Å². The lowest BCUT2D eigenvalue weighted by molar-refractivity contribution is -0.139. The van der Waals surface area contributed by atoms with Crippen LogP contribution in [0.2, 0.25) is 5.02 Å². The van der Waals surface area contributed by atoms with Crippen LogP contribution in [0.15, 0.2) is 35.5 Å². The molecule has 2 aliphatic rings. The van der Waals surface area contributed by atoms with Gasteiger partial charge in [-0.25, -0.2) is 14.4 Å². The Kier molecular flexibility index (Phi) is 8.20. The second-order valence-corrected chi connectivity index (χ2v) is 8.56. The minimum atomic E-state index is -0.717. The summed E-state index contributed by atoms with van der Waals surface area (Å²) in [5, 5.41) is 6.19. The fourth-order valence-corrected chi connectivity index (χ4v) is 4.53. The molecular formula is C23H32ClN5O4. The van der Waals surface area contributed by atoms with Gasteiger partial charge in [-0.05, 0) is 32.4 Å². The molecule has 33 heavy (non-hydrogen) atoms. The van der Waals surface area contributed by atoms with Crippen LogP contribution >= 0.6 is 11.6 Å². The van der Waals surface area contributed by atoms with Gasteiger partial charge in [0.15, 0.2) is 0 Å². The van der Waals surface area contributed by atoms with E-state index in [9.17, 15) is 14.4 Å². The SMILES string of the molecule is CCNC(=O)N1CCN(CC2=C(C(=O)OCC)[C@@H](c3ccccc3Cl)NC(=O)N2C)C[C@@H]1C. The van der Waals surface area contributed by atoms with E-state index in [4.69, 9.17) is 16.3 Å². The van der Waals surface area contributed by atoms with Crippen LogP contribution in [-0.2, 0) is 9.53 Å². The molecule has 9 nitrogen and oxygen atoms in total. The number of benzene rings is 1. The Hall–Kier alpha value is -2.78. The van der Waals surface area contributed by atoms with Crippen molar-refractivity contribution in [2.24, 2.45) is 0 Å². The lowest BCUT2D eigenvalue weighted by atomic mass is 9.94. The quantitative estimate of drug-likeness (QED) is 0.614. The molecular weight excluding hydrogens is 446 g/mol. The molecule has 0 bridgehead atoms. The maximum atomic E-state index is 13.1. The third-order valence-electron chi connectivity index (χ3n) is 5.96. The normalized spacial score (nSPS) is 21.7. The summed E-state index contributed by atoms with van der Waals surface area (Å²) in [5.41, 5.74) is 1.57. The van der Waals surface area contributed by atoms with Gasteiger partial charge < -0.3 is 20.3 Å². The van der Waals surface area contributed by atoms with Crippen LogP contribution in [0.1, 0.15) is 32.4 Å². The molecule has 2 aliphatic heterocycles. The minimum Gasteiger partial charge on any atom is -0.463 e. The van der Waals surface area contributed by atoms with E-state index in [1.807, 2.05) is 24.8 Å². The third-order valence-corrected chi connectivity index (χ3v) is 6.31. The Labute approximate surface area is 199 Å². The van der Waals surface area contributed by atoms with E-state index < -0.39 is 12.0 Å². The molecule has 1 fully saturated rings. The number of nitrogens with one attached hydrogen (secondary N) is 2. The Bertz CT molecular complexity index is 937. The lowest BCUT2D eigenvalue weighted by Gasteiger charge is -2.42. The summed E-state index contributed by atoms with van der Waals surface area (Å²) < 4.78 is 5.37. The first-order valence-corrected chi connectivity index (χ1v) is 11.6. The van der Waals surface area contributed by atoms with Gasteiger partial charge in [0.2, 0.25) is 0 Å². The zero-order valence-corrected chi connectivity index (χ0v) is 20.3. The second kappa shape index (κ2) is 10.9. The molecule has 0 aromatic heterocycles. The summed E-state index contributed by atoms with van der Waals surface area (Å²) in [5.74, 6) is -0.488. The van der Waals surface area contributed by atoms with Crippen molar-refractivity contribution in [1.82, 2.24) is 25.3 Å². The molecule has 0 unspecified atom stereocenters. The van der Waals surface area contributed by atoms with Crippen molar-refractivity contribution < 1.29 is 19.1 Å². The van der Waals surface area contributed by atoms with Gasteiger partial charge in [-0.1, -0.05) is 29.8 Å². The number of piperazine rings is 1. The van der Waals surface area contributed by atoms with Gasteiger partial charge in [-0.15, -0.1) is 0 Å². The molecule has 0 radical (unpaired) electrons. The summed E-state index contributed by atoms with van der Waals surface area (Å²) >= 11 is 6.43. The molecule has 0 saturated carbocycles. The van der Waals surface area contributed by atoms with E-state index in [0.717, 1.165) is 0 Å². The Morgan fingerprint density at radius 2 is 1.97 bits per heavy atom. The lowest BCUT2D eigenvalue weighted by Crippen LogP contribution is -2.57. The summed E-state index contributed by atoms with van der Waals surface area (Å²) in [4.78, 5) is 43.7. The van der Waals surface area contributed by atoms with Gasteiger partial charge in [-0.3, -0.25) is 9.80 Å². The number of hydrogen-bond donors (Lipinski definition) is 2. The fraction of sp³-hybridized carbons (Fsp3) is 0.522. The highest BCUT2D eigenvalue weighted by Crippen LogP contribution is 2.34. The monoisotopic (exact) mass is 477 g/mol. The predicted octanol–water partition coefficient (Wildman–Crippen LogP) is 2.59. The van der Waals surface area contributed by atoms with Crippen LogP contribution in [0.4, 0.5) is 9.59 Å². The number of likely N-dealkylation sites (N-methyl/N-ethyl adjacent to an activating group) is 1. The van der Waals surface area contributed by atoms with Crippen molar-refractivity contribution >= 4 is 29.6 Å². The number of urea groups is 2.